The van der Waals surface area contributed by atoms with E-state index in [0.717, 1.165) is 37.3 Å². The fourth-order valence-corrected chi connectivity index (χ4v) is 4.45. The third-order valence-electron chi connectivity index (χ3n) is 6.11. The average Bonchev–Trinajstić information content (AvgIpc) is 3.00. The van der Waals surface area contributed by atoms with Crippen molar-refractivity contribution >= 4 is 28.9 Å². The van der Waals surface area contributed by atoms with Crippen molar-refractivity contribution in [3.8, 4) is 0 Å². The Morgan fingerprint density at radius 2 is 1.77 bits per heavy atom. The molecule has 0 aromatic heterocycles. The number of anilines is 2. The van der Waals surface area contributed by atoms with Gasteiger partial charge in [0.1, 0.15) is 5.69 Å². The van der Waals surface area contributed by atoms with Crippen LogP contribution in [-0.4, -0.2) is 29.8 Å². The maximum absolute atomic E-state index is 12.3. The maximum atomic E-state index is 12.3. The third kappa shape index (κ3) is 3.92. The van der Waals surface area contributed by atoms with Crippen LogP contribution in [0.2, 0.25) is 0 Å². The van der Waals surface area contributed by atoms with Gasteiger partial charge in [0.15, 0.2) is 0 Å². The van der Waals surface area contributed by atoms with Crippen LogP contribution < -0.4 is 9.80 Å². The van der Waals surface area contributed by atoms with Crippen LogP contribution in [0.25, 0.3) is 0 Å². The summed E-state index contributed by atoms with van der Waals surface area (Å²) in [7, 11) is 0. The van der Waals surface area contributed by atoms with Gasteiger partial charge in [-0.2, -0.15) is 0 Å². The quantitative estimate of drug-likeness (QED) is 0.426. The Bertz CT molecular complexity index is 968. The molecule has 2 aromatic rings. The monoisotopic (exact) mass is 407 g/mol. The Kier molecular flexibility index (Phi) is 5.53. The van der Waals surface area contributed by atoms with Crippen LogP contribution in [0.5, 0.6) is 0 Å². The van der Waals surface area contributed by atoms with E-state index in [9.17, 15) is 19.7 Å². The number of hydrogen-bond donors (Lipinski definition) is 0. The molecule has 4 rings (SSSR count). The number of nitrogens with zero attached hydrogens (tertiary/aromatic N) is 3. The molecule has 2 aromatic carbocycles. The number of hydrogen-bond acceptors (Lipinski definition) is 5. The normalized spacial score (nSPS) is 20.1. The van der Waals surface area contributed by atoms with Gasteiger partial charge in [-0.1, -0.05) is 37.3 Å². The smallest absolute Gasteiger partial charge is 0.294 e. The van der Waals surface area contributed by atoms with Crippen molar-refractivity contribution < 1.29 is 14.5 Å². The molecule has 0 radical (unpaired) electrons. The van der Waals surface area contributed by atoms with E-state index >= 15 is 0 Å². The van der Waals surface area contributed by atoms with Gasteiger partial charge in [0.2, 0.25) is 11.8 Å². The minimum atomic E-state index is -0.427. The van der Waals surface area contributed by atoms with Crippen LogP contribution in [-0.2, 0) is 16.0 Å². The molecule has 2 amide bonds. The Morgan fingerprint density at radius 3 is 2.37 bits per heavy atom. The van der Waals surface area contributed by atoms with Crippen LogP contribution >= 0.6 is 0 Å². The lowest BCUT2D eigenvalue weighted by Gasteiger charge is -2.33. The summed E-state index contributed by atoms with van der Waals surface area (Å²) in [6.07, 6.45) is 3.10. The van der Waals surface area contributed by atoms with Gasteiger partial charge in [0, 0.05) is 31.5 Å². The van der Waals surface area contributed by atoms with Crippen LogP contribution in [0, 0.1) is 22.0 Å². The second-order valence-electron chi connectivity index (χ2n) is 8.22. The Morgan fingerprint density at radius 1 is 1.07 bits per heavy atom. The van der Waals surface area contributed by atoms with Gasteiger partial charge in [-0.05, 0) is 42.9 Å². The Balaban J connectivity index is 1.50. The summed E-state index contributed by atoms with van der Waals surface area (Å²) in [5.74, 6) is -0.441. The molecule has 0 aliphatic carbocycles. The number of rotatable bonds is 5. The van der Waals surface area contributed by atoms with Gasteiger partial charge in [-0.15, -0.1) is 0 Å². The molecule has 2 heterocycles. The molecule has 1 unspecified atom stereocenters. The van der Waals surface area contributed by atoms with Crippen molar-refractivity contribution in [1.29, 1.82) is 0 Å². The Hall–Kier alpha value is -3.22. The zero-order valence-corrected chi connectivity index (χ0v) is 17.0. The van der Waals surface area contributed by atoms with Crippen molar-refractivity contribution in [2.45, 2.75) is 32.6 Å². The number of piperidine rings is 1. The first kappa shape index (κ1) is 20.1. The van der Waals surface area contributed by atoms with E-state index in [2.05, 4.69) is 12.1 Å². The highest BCUT2D eigenvalue weighted by molar-refractivity contribution is 6.21. The summed E-state index contributed by atoms with van der Waals surface area (Å²) in [5.41, 5.74) is 2.09. The molecule has 0 saturated carbocycles. The second-order valence-corrected chi connectivity index (χ2v) is 8.22. The number of amides is 2. The Labute approximate surface area is 175 Å². The molecular formula is C23H25N3O4. The van der Waals surface area contributed by atoms with E-state index < -0.39 is 4.92 Å². The van der Waals surface area contributed by atoms with E-state index in [1.807, 2.05) is 23.1 Å². The van der Waals surface area contributed by atoms with Gasteiger partial charge in [0.25, 0.3) is 5.69 Å². The fourth-order valence-electron chi connectivity index (χ4n) is 4.45. The van der Waals surface area contributed by atoms with Gasteiger partial charge in [-0.25, -0.2) is 0 Å². The van der Waals surface area contributed by atoms with Crippen molar-refractivity contribution in [3.63, 3.8) is 0 Å². The van der Waals surface area contributed by atoms with Crippen LogP contribution in [0.15, 0.2) is 48.5 Å². The summed E-state index contributed by atoms with van der Waals surface area (Å²) < 4.78 is 0. The molecule has 2 fully saturated rings. The van der Waals surface area contributed by atoms with Crippen LogP contribution in [0.1, 0.15) is 31.7 Å². The fraction of sp³-hybridized carbons (Fsp3) is 0.391. The molecule has 0 bridgehead atoms. The van der Waals surface area contributed by atoms with E-state index in [1.165, 1.54) is 11.6 Å². The third-order valence-corrected chi connectivity index (χ3v) is 6.11. The molecule has 30 heavy (non-hydrogen) atoms. The van der Waals surface area contributed by atoms with Crippen molar-refractivity contribution in [3.05, 3.63) is 64.2 Å². The largest absolute Gasteiger partial charge is 0.366 e. The number of imide groups is 1. The highest BCUT2D eigenvalue weighted by atomic mass is 16.6. The highest BCUT2D eigenvalue weighted by Gasteiger charge is 2.37. The molecule has 7 heteroatoms. The summed E-state index contributed by atoms with van der Waals surface area (Å²) in [4.78, 5) is 38.9. The number of carbonyl (C=O) groups excluding carboxylic acids is 2. The summed E-state index contributed by atoms with van der Waals surface area (Å²) in [5, 5.41) is 11.8. The molecule has 0 spiro atoms. The van der Waals surface area contributed by atoms with Crippen molar-refractivity contribution in [1.82, 2.24) is 0 Å². The van der Waals surface area contributed by atoms with E-state index in [1.54, 1.807) is 19.1 Å². The molecule has 156 valence electrons. The highest BCUT2D eigenvalue weighted by Crippen LogP contribution is 2.37. The topological polar surface area (TPSA) is 83.8 Å². The minimum Gasteiger partial charge on any atom is -0.366 e. The molecule has 2 aliphatic heterocycles. The van der Waals surface area contributed by atoms with Gasteiger partial charge in [0.05, 0.1) is 10.6 Å². The zero-order valence-electron chi connectivity index (χ0n) is 17.0. The van der Waals surface area contributed by atoms with Gasteiger partial charge < -0.3 is 4.90 Å². The standard InChI is InChI=1S/C23H25N3O4/c1-16-13-22(27)25(23(16)28)19-7-8-20(21(15-19)26(29)30)24-11-9-18(10-12-24)14-17-5-3-2-4-6-17/h2-8,15-16,18H,9-14H2,1H3. The lowest BCUT2D eigenvalue weighted by Crippen LogP contribution is -2.35. The van der Waals surface area contributed by atoms with E-state index in [-0.39, 0.29) is 35.5 Å². The number of carbonyl (C=O) groups is 2. The van der Waals surface area contributed by atoms with Crippen molar-refractivity contribution in [2.75, 3.05) is 22.9 Å². The van der Waals surface area contributed by atoms with Gasteiger partial charge in [-0.3, -0.25) is 24.6 Å². The first-order chi connectivity index (χ1) is 14.4. The number of nitro benzene ring substituents is 1. The molecule has 2 saturated heterocycles. The number of nitro groups is 1. The van der Waals surface area contributed by atoms with Crippen LogP contribution in [0.4, 0.5) is 17.1 Å². The first-order valence-corrected chi connectivity index (χ1v) is 10.4. The SMILES string of the molecule is CC1CC(=O)N(c2ccc(N3CCC(Cc4ccccc4)CC3)c([N+](=O)[O-])c2)C1=O. The molecular weight excluding hydrogens is 382 g/mol. The second kappa shape index (κ2) is 8.26. The molecule has 0 N–H and O–H groups in total. The van der Waals surface area contributed by atoms with Crippen LogP contribution in [0.3, 0.4) is 0 Å². The number of benzene rings is 2. The first-order valence-electron chi connectivity index (χ1n) is 10.4. The van der Waals surface area contributed by atoms with E-state index in [4.69, 9.17) is 0 Å². The minimum absolute atomic E-state index is 0.0610. The van der Waals surface area contributed by atoms with Crippen molar-refractivity contribution in [2.24, 2.45) is 11.8 Å². The zero-order chi connectivity index (χ0) is 21.3. The average molecular weight is 407 g/mol. The maximum Gasteiger partial charge on any atom is 0.294 e. The molecule has 1 atom stereocenters. The predicted molar refractivity (Wildman–Crippen MR) is 114 cm³/mol. The lowest BCUT2D eigenvalue weighted by molar-refractivity contribution is -0.384. The summed E-state index contributed by atoms with van der Waals surface area (Å²) in [6, 6.07) is 15.1. The van der Waals surface area contributed by atoms with E-state index in [0.29, 0.717) is 11.6 Å². The van der Waals surface area contributed by atoms with Gasteiger partial charge >= 0.3 is 0 Å². The lowest BCUT2D eigenvalue weighted by atomic mass is 9.90. The molecule has 7 nitrogen and oxygen atoms in total. The summed E-state index contributed by atoms with van der Waals surface area (Å²) in [6.45, 7) is 3.19. The summed E-state index contributed by atoms with van der Waals surface area (Å²) >= 11 is 0. The molecule has 2 aliphatic rings. The predicted octanol–water partition coefficient (Wildman–Crippen LogP) is 3.95.